The predicted octanol–water partition coefficient (Wildman–Crippen LogP) is 2.81. The van der Waals surface area contributed by atoms with Gasteiger partial charge in [0, 0.05) is 26.2 Å². The molecule has 126 valence electrons. The molecule has 1 saturated heterocycles. The van der Waals surface area contributed by atoms with Gasteiger partial charge in [0.1, 0.15) is 0 Å². The highest BCUT2D eigenvalue weighted by Gasteiger charge is 2.25. The maximum Gasteiger partial charge on any atom is 0.337 e. The summed E-state index contributed by atoms with van der Waals surface area (Å²) in [6.07, 6.45) is 0. The molecule has 24 heavy (non-hydrogen) atoms. The number of hydrogen-bond donors (Lipinski definition) is 0. The van der Waals surface area contributed by atoms with Crippen molar-refractivity contribution in [1.29, 1.82) is 0 Å². The molecule has 1 atom stereocenters. The minimum Gasteiger partial charge on any atom is -0.465 e. The minimum atomic E-state index is -0.290. The van der Waals surface area contributed by atoms with E-state index >= 15 is 0 Å². The molecule has 0 aliphatic carbocycles. The van der Waals surface area contributed by atoms with E-state index in [-0.39, 0.29) is 12.0 Å². The second kappa shape index (κ2) is 7.60. The third-order valence-corrected chi connectivity index (χ3v) is 4.64. The molecule has 1 aliphatic rings. The Hall–Kier alpha value is -2.17. The lowest BCUT2D eigenvalue weighted by Crippen LogP contribution is -2.46. The van der Waals surface area contributed by atoms with Crippen molar-refractivity contribution in [1.82, 2.24) is 9.80 Å². The van der Waals surface area contributed by atoms with Gasteiger partial charge in [-0.05, 0) is 30.3 Å². The lowest BCUT2D eigenvalue weighted by Gasteiger charge is -2.38. The average molecular weight is 324 g/mol. The SMILES string of the molecule is COC(=O)c1cccc(C(c2ccccc2)N2CCN(C)CC2)c1. The number of methoxy groups -OCH3 is 1. The second-order valence-corrected chi connectivity index (χ2v) is 6.27. The molecule has 0 N–H and O–H groups in total. The van der Waals surface area contributed by atoms with E-state index in [0.29, 0.717) is 5.56 Å². The van der Waals surface area contributed by atoms with Crippen LogP contribution in [0.15, 0.2) is 54.6 Å². The largest absolute Gasteiger partial charge is 0.465 e. The molecule has 1 fully saturated rings. The summed E-state index contributed by atoms with van der Waals surface area (Å²) >= 11 is 0. The van der Waals surface area contributed by atoms with Gasteiger partial charge in [0.05, 0.1) is 18.7 Å². The lowest BCUT2D eigenvalue weighted by atomic mass is 9.95. The molecule has 0 spiro atoms. The molecular formula is C20H24N2O2. The van der Waals surface area contributed by atoms with E-state index < -0.39 is 0 Å². The van der Waals surface area contributed by atoms with E-state index in [1.54, 1.807) is 6.07 Å². The van der Waals surface area contributed by atoms with Crippen molar-refractivity contribution < 1.29 is 9.53 Å². The average Bonchev–Trinajstić information content (AvgIpc) is 2.64. The number of ether oxygens (including phenoxy) is 1. The number of piperazine rings is 1. The molecular weight excluding hydrogens is 300 g/mol. The summed E-state index contributed by atoms with van der Waals surface area (Å²) in [7, 11) is 3.58. The van der Waals surface area contributed by atoms with E-state index in [0.717, 1.165) is 31.7 Å². The Morgan fingerprint density at radius 3 is 2.29 bits per heavy atom. The van der Waals surface area contributed by atoms with Crippen molar-refractivity contribution in [3.63, 3.8) is 0 Å². The minimum absolute atomic E-state index is 0.157. The Morgan fingerprint density at radius 2 is 1.62 bits per heavy atom. The van der Waals surface area contributed by atoms with Crippen molar-refractivity contribution in [2.24, 2.45) is 0 Å². The number of nitrogens with zero attached hydrogens (tertiary/aromatic N) is 2. The zero-order chi connectivity index (χ0) is 16.9. The number of esters is 1. The van der Waals surface area contributed by atoms with Crippen molar-refractivity contribution in [3.05, 3.63) is 71.3 Å². The maximum absolute atomic E-state index is 11.9. The fraction of sp³-hybridized carbons (Fsp3) is 0.350. The molecule has 0 bridgehead atoms. The van der Waals surface area contributed by atoms with Gasteiger partial charge in [-0.15, -0.1) is 0 Å². The summed E-state index contributed by atoms with van der Waals surface area (Å²) in [5.41, 5.74) is 2.99. The first kappa shape index (κ1) is 16.7. The highest BCUT2D eigenvalue weighted by atomic mass is 16.5. The summed E-state index contributed by atoms with van der Waals surface area (Å²) in [6, 6.07) is 18.5. The van der Waals surface area contributed by atoms with Gasteiger partial charge in [-0.2, -0.15) is 0 Å². The van der Waals surface area contributed by atoms with E-state index in [1.807, 2.05) is 18.2 Å². The standard InChI is InChI=1S/C20H24N2O2/c1-21-11-13-22(14-12-21)19(16-7-4-3-5-8-16)17-9-6-10-18(15-17)20(23)24-2/h3-10,15,19H,11-14H2,1-2H3. The Morgan fingerprint density at radius 1 is 0.958 bits per heavy atom. The van der Waals surface area contributed by atoms with Crippen LogP contribution < -0.4 is 0 Å². The highest BCUT2D eigenvalue weighted by Crippen LogP contribution is 2.30. The zero-order valence-electron chi connectivity index (χ0n) is 14.3. The highest BCUT2D eigenvalue weighted by molar-refractivity contribution is 5.89. The molecule has 4 heteroatoms. The second-order valence-electron chi connectivity index (χ2n) is 6.27. The van der Waals surface area contributed by atoms with Crippen LogP contribution in [0, 0.1) is 0 Å². The molecule has 4 nitrogen and oxygen atoms in total. The van der Waals surface area contributed by atoms with Gasteiger partial charge in [-0.1, -0.05) is 42.5 Å². The first-order valence-electron chi connectivity index (χ1n) is 8.35. The summed E-state index contributed by atoms with van der Waals surface area (Å²) in [5.74, 6) is -0.290. The van der Waals surface area contributed by atoms with Crippen LogP contribution in [0.1, 0.15) is 27.5 Å². The van der Waals surface area contributed by atoms with Crippen LogP contribution in [-0.4, -0.2) is 56.1 Å². The number of carbonyl (C=O) groups is 1. The van der Waals surface area contributed by atoms with Crippen LogP contribution in [0.2, 0.25) is 0 Å². The number of likely N-dealkylation sites (N-methyl/N-ethyl adjacent to an activating group) is 1. The van der Waals surface area contributed by atoms with Crippen molar-refractivity contribution in [2.75, 3.05) is 40.3 Å². The summed E-state index contributed by atoms with van der Waals surface area (Å²) in [6.45, 7) is 4.14. The summed E-state index contributed by atoms with van der Waals surface area (Å²) in [4.78, 5) is 16.7. The molecule has 3 rings (SSSR count). The first-order valence-corrected chi connectivity index (χ1v) is 8.35. The third-order valence-electron chi connectivity index (χ3n) is 4.64. The molecule has 0 amide bonds. The van der Waals surface area contributed by atoms with Gasteiger partial charge in [0.25, 0.3) is 0 Å². The lowest BCUT2D eigenvalue weighted by molar-refractivity contribution is 0.0600. The Labute approximate surface area is 143 Å². The van der Waals surface area contributed by atoms with Gasteiger partial charge in [0.15, 0.2) is 0 Å². The first-order chi connectivity index (χ1) is 11.7. The zero-order valence-corrected chi connectivity index (χ0v) is 14.3. The van der Waals surface area contributed by atoms with Crippen LogP contribution >= 0.6 is 0 Å². The van der Waals surface area contributed by atoms with E-state index in [2.05, 4.69) is 47.2 Å². The van der Waals surface area contributed by atoms with Crippen LogP contribution in [0.25, 0.3) is 0 Å². The number of carbonyl (C=O) groups excluding carboxylic acids is 1. The van der Waals surface area contributed by atoms with Crippen LogP contribution in [-0.2, 0) is 4.74 Å². The van der Waals surface area contributed by atoms with Gasteiger partial charge >= 0.3 is 5.97 Å². The van der Waals surface area contributed by atoms with Crippen LogP contribution in [0.5, 0.6) is 0 Å². The van der Waals surface area contributed by atoms with E-state index in [1.165, 1.54) is 12.7 Å². The maximum atomic E-state index is 11.9. The number of rotatable bonds is 4. The molecule has 1 heterocycles. The van der Waals surface area contributed by atoms with Gasteiger partial charge in [-0.25, -0.2) is 4.79 Å². The Balaban J connectivity index is 1.97. The fourth-order valence-electron chi connectivity index (χ4n) is 3.28. The number of benzene rings is 2. The molecule has 0 saturated carbocycles. The fourth-order valence-corrected chi connectivity index (χ4v) is 3.28. The van der Waals surface area contributed by atoms with E-state index in [9.17, 15) is 4.79 Å². The van der Waals surface area contributed by atoms with Crippen molar-refractivity contribution in [3.8, 4) is 0 Å². The molecule has 0 radical (unpaired) electrons. The van der Waals surface area contributed by atoms with Crippen molar-refractivity contribution in [2.45, 2.75) is 6.04 Å². The van der Waals surface area contributed by atoms with Crippen molar-refractivity contribution >= 4 is 5.97 Å². The van der Waals surface area contributed by atoms with Gasteiger partial charge in [0.2, 0.25) is 0 Å². The number of hydrogen-bond acceptors (Lipinski definition) is 4. The Bertz CT molecular complexity index is 679. The van der Waals surface area contributed by atoms with E-state index in [4.69, 9.17) is 4.74 Å². The smallest absolute Gasteiger partial charge is 0.337 e. The molecule has 2 aromatic rings. The molecule has 1 aliphatic heterocycles. The summed E-state index contributed by atoms with van der Waals surface area (Å²) < 4.78 is 4.88. The quantitative estimate of drug-likeness (QED) is 0.810. The molecule has 1 unspecified atom stereocenters. The molecule has 0 aromatic heterocycles. The Kier molecular flexibility index (Phi) is 5.28. The predicted molar refractivity (Wildman–Crippen MR) is 95.1 cm³/mol. The third kappa shape index (κ3) is 3.66. The topological polar surface area (TPSA) is 32.8 Å². The monoisotopic (exact) mass is 324 g/mol. The summed E-state index contributed by atoms with van der Waals surface area (Å²) in [5, 5.41) is 0. The van der Waals surface area contributed by atoms with Gasteiger partial charge < -0.3 is 9.64 Å². The van der Waals surface area contributed by atoms with Crippen LogP contribution in [0.3, 0.4) is 0 Å². The molecule has 2 aromatic carbocycles. The van der Waals surface area contributed by atoms with Crippen LogP contribution in [0.4, 0.5) is 0 Å². The van der Waals surface area contributed by atoms with Gasteiger partial charge in [-0.3, -0.25) is 4.90 Å². The normalized spacial score (nSPS) is 17.4.